The van der Waals surface area contributed by atoms with Gasteiger partial charge in [-0.05, 0) is 31.5 Å². The Balaban J connectivity index is 2.83. The molecule has 0 aromatic heterocycles. The lowest BCUT2D eigenvalue weighted by Gasteiger charge is -2.09. The molecular formula is C11H17ClN2O3S. The Kier molecular flexibility index (Phi) is 5.87. The summed E-state index contributed by atoms with van der Waals surface area (Å²) in [5, 5.41) is 0.169. The molecule has 7 heteroatoms. The molecule has 3 N–H and O–H groups in total. The van der Waals surface area contributed by atoms with Gasteiger partial charge >= 0.3 is 0 Å². The molecule has 0 amide bonds. The number of benzene rings is 1. The van der Waals surface area contributed by atoms with E-state index in [0.717, 1.165) is 6.42 Å². The van der Waals surface area contributed by atoms with Gasteiger partial charge in [-0.2, -0.15) is 0 Å². The Hall–Kier alpha value is -0.820. The van der Waals surface area contributed by atoms with Crippen molar-refractivity contribution in [1.82, 2.24) is 4.72 Å². The quantitative estimate of drug-likeness (QED) is 0.744. The van der Waals surface area contributed by atoms with Crippen molar-refractivity contribution in [3.05, 3.63) is 23.2 Å². The van der Waals surface area contributed by atoms with Crippen LogP contribution in [0.5, 0.6) is 5.75 Å². The number of nitrogens with two attached hydrogens (primary N) is 1. The van der Waals surface area contributed by atoms with E-state index in [9.17, 15) is 8.42 Å². The molecule has 0 saturated carbocycles. The van der Waals surface area contributed by atoms with Gasteiger partial charge in [-0.15, -0.1) is 0 Å². The van der Waals surface area contributed by atoms with Crippen molar-refractivity contribution in [3.63, 3.8) is 0 Å². The summed E-state index contributed by atoms with van der Waals surface area (Å²) in [6, 6.07) is 4.50. The van der Waals surface area contributed by atoms with Gasteiger partial charge < -0.3 is 10.5 Å². The van der Waals surface area contributed by atoms with Crippen LogP contribution in [0, 0.1) is 0 Å². The van der Waals surface area contributed by atoms with E-state index in [4.69, 9.17) is 22.1 Å². The van der Waals surface area contributed by atoms with Crippen LogP contribution in [0.1, 0.15) is 12.8 Å². The van der Waals surface area contributed by atoms with Crippen LogP contribution in [-0.4, -0.2) is 28.6 Å². The number of ether oxygens (including phenoxy) is 1. The maximum Gasteiger partial charge on any atom is 0.242 e. The summed E-state index contributed by atoms with van der Waals surface area (Å²) in [6.45, 7) is 0.884. The molecule has 5 nitrogen and oxygen atoms in total. The van der Waals surface area contributed by atoms with E-state index in [1.165, 1.54) is 19.2 Å². The lowest BCUT2D eigenvalue weighted by Crippen LogP contribution is -2.25. The maximum absolute atomic E-state index is 12.0. The fourth-order valence-corrected chi connectivity index (χ4v) is 2.96. The summed E-state index contributed by atoms with van der Waals surface area (Å²) in [6.07, 6.45) is 1.46. The van der Waals surface area contributed by atoms with Gasteiger partial charge in [0.25, 0.3) is 0 Å². The highest BCUT2D eigenvalue weighted by Gasteiger charge is 2.18. The summed E-state index contributed by atoms with van der Waals surface area (Å²) in [7, 11) is -2.14. The predicted molar refractivity (Wildman–Crippen MR) is 71.5 cm³/mol. The number of nitrogens with one attached hydrogen (secondary N) is 1. The highest BCUT2D eigenvalue weighted by molar-refractivity contribution is 7.89. The van der Waals surface area contributed by atoms with Crippen LogP contribution < -0.4 is 15.2 Å². The van der Waals surface area contributed by atoms with Crippen molar-refractivity contribution >= 4 is 21.6 Å². The van der Waals surface area contributed by atoms with Gasteiger partial charge in [0.05, 0.1) is 12.1 Å². The molecule has 0 heterocycles. The zero-order chi connectivity index (χ0) is 13.6. The molecule has 0 saturated heterocycles. The molecule has 18 heavy (non-hydrogen) atoms. The molecule has 1 rings (SSSR count). The molecule has 0 radical (unpaired) electrons. The van der Waals surface area contributed by atoms with E-state index in [1.54, 1.807) is 6.07 Å². The molecule has 0 aliphatic rings. The van der Waals surface area contributed by atoms with Gasteiger partial charge in [0.15, 0.2) is 0 Å². The average molecular weight is 293 g/mol. The molecule has 0 atom stereocenters. The van der Waals surface area contributed by atoms with Crippen LogP contribution in [0.2, 0.25) is 5.02 Å². The Bertz CT molecular complexity index is 491. The molecular weight excluding hydrogens is 276 g/mol. The largest absolute Gasteiger partial charge is 0.497 e. The fourth-order valence-electron chi connectivity index (χ4n) is 1.37. The first-order valence-electron chi connectivity index (χ1n) is 5.54. The SMILES string of the molecule is COc1ccc(Cl)c(S(=O)(=O)NCCCCN)c1. The van der Waals surface area contributed by atoms with Gasteiger partial charge in [0.1, 0.15) is 10.6 Å². The minimum absolute atomic E-state index is 0.0243. The van der Waals surface area contributed by atoms with Gasteiger partial charge in [-0.25, -0.2) is 13.1 Å². The third-order valence-corrected chi connectivity index (χ3v) is 4.29. The molecule has 0 aliphatic carbocycles. The standard InChI is InChI=1S/C11H17ClN2O3S/c1-17-9-4-5-10(12)11(8-9)18(15,16)14-7-3-2-6-13/h4-5,8,14H,2-3,6-7,13H2,1H3. The first-order chi connectivity index (χ1) is 8.51. The van der Waals surface area contributed by atoms with E-state index in [1.807, 2.05) is 0 Å². The van der Waals surface area contributed by atoms with Crippen molar-refractivity contribution in [2.45, 2.75) is 17.7 Å². The van der Waals surface area contributed by atoms with Crippen molar-refractivity contribution < 1.29 is 13.2 Å². The fraction of sp³-hybridized carbons (Fsp3) is 0.455. The predicted octanol–water partition coefficient (Wildman–Crippen LogP) is 1.37. The van der Waals surface area contributed by atoms with Crippen molar-refractivity contribution in [2.24, 2.45) is 5.73 Å². The van der Waals surface area contributed by atoms with Crippen LogP contribution in [0.3, 0.4) is 0 Å². The van der Waals surface area contributed by atoms with Crippen LogP contribution in [-0.2, 0) is 10.0 Å². The molecule has 1 aromatic rings. The van der Waals surface area contributed by atoms with Gasteiger partial charge in [0.2, 0.25) is 10.0 Å². The topological polar surface area (TPSA) is 81.4 Å². The third-order valence-electron chi connectivity index (χ3n) is 2.35. The molecule has 0 spiro atoms. The molecule has 0 unspecified atom stereocenters. The van der Waals surface area contributed by atoms with Gasteiger partial charge in [0, 0.05) is 12.6 Å². The highest BCUT2D eigenvalue weighted by atomic mass is 35.5. The van der Waals surface area contributed by atoms with Crippen LogP contribution in [0.25, 0.3) is 0 Å². The monoisotopic (exact) mass is 292 g/mol. The number of halogens is 1. The molecule has 0 aliphatic heterocycles. The number of sulfonamides is 1. The molecule has 1 aromatic carbocycles. The average Bonchev–Trinajstić information content (AvgIpc) is 2.35. The maximum atomic E-state index is 12.0. The van der Waals surface area contributed by atoms with E-state index >= 15 is 0 Å². The summed E-state index contributed by atoms with van der Waals surface area (Å²) in [4.78, 5) is 0.0243. The first-order valence-corrected chi connectivity index (χ1v) is 7.40. The summed E-state index contributed by atoms with van der Waals surface area (Å²) < 4.78 is 31.5. The van der Waals surface area contributed by atoms with E-state index in [2.05, 4.69) is 4.72 Å². The first kappa shape index (κ1) is 15.2. The number of methoxy groups -OCH3 is 1. The minimum atomic E-state index is -3.61. The van der Waals surface area contributed by atoms with Crippen molar-refractivity contribution in [2.75, 3.05) is 20.2 Å². The van der Waals surface area contributed by atoms with Gasteiger partial charge in [-0.1, -0.05) is 11.6 Å². The van der Waals surface area contributed by atoms with E-state index < -0.39 is 10.0 Å². The van der Waals surface area contributed by atoms with Gasteiger partial charge in [-0.3, -0.25) is 0 Å². The lowest BCUT2D eigenvalue weighted by molar-refractivity contribution is 0.413. The second-order valence-corrected chi connectivity index (χ2v) is 5.83. The summed E-state index contributed by atoms with van der Waals surface area (Å²) >= 11 is 5.88. The van der Waals surface area contributed by atoms with E-state index in [-0.39, 0.29) is 9.92 Å². The Labute approximate surface area is 112 Å². The van der Waals surface area contributed by atoms with Crippen molar-refractivity contribution in [1.29, 1.82) is 0 Å². The second kappa shape index (κ2) is 6.94. The highest BCUT2D eigenvalue weighted by Crippen LogP contribution is 2.25. The molecule has 102 valence electrons. The Morgan fingerprint density at radius 1 is 1.39 bits per heavy atom. The molecule has 0 fully saturated rings. The summed E-state index contributed by atoms with van der Waals surface area (Å²) in [5.41, 5.74) is 5.34. The van der Waals surface area contributed by atoms with Crippen LogP contribution in [0.4, 0.5) is 0 Å². The lowest BCUT2D eigenvalue weighted by atomic mass is 10.3. The smallest absolute Gasteiger partial charge is 0.242 e. The van der Waals surface area contributed by atoms with Crippen LogP contribution in [0.15, 0.2) is 23.1 Å². The number of rotatable bonds is 7. The normalized spacial score (nSPS) is 11.5. The Morgan fingerprint density at radius 2 is 2.11 bits per heavy atom. The minimum Gasteiger partial charge on any atom is -0.497 e. The van der Waals surface area contributed by atoms with Crippen molar-refractivity contribution in [3.8, 4) is 5.75 Å². The third kappa shape index (κ3) is 4.13. The number of hydrogen-bond acceptors (Lipinski definition) is 4. The number of hydrogen-bond donors (Lipinski definition) is 2. The molecule has 0 bridgehead atoms. The second-order valence-electron chi connectivity index (χ2n) is 3.69. The zero-order valence-electron chi connectivity index (χ0n) is 10.1. The Morgan fingerprint density at radius 3 is 2.72 bits per heavy atom. The zero-order valence-corrected chi connectivity index (χ0v) is 11.7. The van der Waals surface area contributed by atoms with E-state index in [0.29, 0.717) is 25.3 Å². The number of unbranched alkanes of at least 4 members (excludes halogenated alkanes) is 1. The summed E-state index contributed by atoms with van der Waals surface area (Å²) in [5.74, 6) is 0.446. The van der Waals surface area contributed by atoms with Crippen LogP contribution >= 0.6 is 11.6 Å².